The van der Waals surface area contributed by atoms with Gasteiger partial charge in [0, 0.05) is 40.8 Å². The number of allylic oxidation sites excluding steroid dienone is 3. The van der Waals surface area contributed by atoms with Gasteiger partial charge in [-0.05, 0) is 112 Å². The molecule has 4 heterocycles. The summed E-state index contributed by atoms with van der Waals surface area (Å²) in [5.74, 6) is 0.951. The van der Waals surface area contributed by atoms with Crippen LogP contribution in [0.1, 0.15) is 88.7 Å². The van der Waals surface area contributed by atoms with Crippen LogP contribution < -0.4 is 5.32 Å². The van der Waals surface area contributed by atoms with Crippen molar-refractivity contribution in [3.8, 4) is 11.3 Å². The second-order valence-electron chi connectivity index (χ2n) is 10.9. The van der Waals surface area contributed by atoms with Crippen LogP contribution >= 0.6 is 0 Å². The molecule has 42 heavy (non-hydrogen) atoms. The number of ether oxygens (including phenoxy) is 1. The fourth-order valence-corrected chi connectivity index (χ4v) is 5.63. The summed E-state index contributed by atoms with van der Waals surface area (Å²) < 4.78 is 6.36. The molecule has 0 radical (unpaired) electrons. The van der Waals surface area contributed by atoms with Crippen molar-refractivity contribution in [2.45, 2.75) is 79.2 Å². The summed E-state index contributed by atoms with van der Waals surface area (Å²) in [5, 5.41) is 4.60. The largest absolute Gasteiger partial charge is 0.490 e. The summed E-state index contributed by atoms with van der Waals surface area (Å²) >= 11 is 0. The van der Waals surface area contributed by atoms with E-state index >= 15 is 0 Å². The maximum atomic E-state index is 6.36. The lowest BCUT2D eigenvalue weighted by atomic mass is 9.92. The van der Waals surface area contributed by atoms with Gasteiger partial charge < -0.3 is 10.1 Å². The van der Waals surface area contributed by atoms with Gasteiger partial charge in [-0.3, -0.25) is 15.0 Å². The van der Waals surface area contributed by atoms with Crippen molar-refractivity contribution in [1.29, 1.82) is 0 Å². The Labute approximate surface area is 250 Å². The molecule has 5 nitrogen and oxygen atoms in total. The number of rotatable bonds is 7. The minimum Gasteiger partial charge on any atom is -0.490 e. The van der Waals surface area contributed by atoms with Crippen LogP contribution in [0.5, 0.6) is 0 Å². The number of nitrogens with zero attached hydrogens (tertiary/aromatic N) is 3. The molecular formula is C37H42N4O. The SMILES string of the molecule is CC.CC/C=C(\OC1CCCC1)c1ccc(-c2cnc3ccc(C4=C(c5cccc(C)n5)NC=C(C)C4)cc3c2)nc1. The molecule has 1 aromatic carbocycles. The molecule has 0 spiro atoms. The van der Waals surface area contributed by atoms with Crippen molar-refractivity contribution in [1.82, 2.24) is 20.3 Å². The molecule has 0 atom stereocenters. The lowest BCUT2D eigenvalue weighted by Crippen LogP contribution is -2.14. The number of pyridine rings is 3. The van der Waals surface area contributed by atoms with E-state index in [4.69, 9.17) is 19.7 Å². The molecule has 0 unspecified atom stereocenters. The van der Waals surface area contributed by atoms with E-state index in [1.165, 1.54) is 29.6 Å². The van der Waals surface area contributed by atoms with Gasteiger partial charge in [-0.25, -0.2) is 0 Å². The molecule has 1 N–H and O–H groups in total. The Balaban J connectivity index is 0.00000173. The molecule has 2 aliphatic rings. The fraction of sp³-hybridized carbons (Fsp3) is 0.324. The third-order valence-electron chi connectivity index (χ3n) is 7.72. The van der Waals surface area contributed by atoms with Crippen molar-refractivity contribution in [2.24, 2.45) is 0 Å². The van der Waals surface area contributed by atoms with Crippen LogP contribution in [0.15, 0.2) is 84.8 Å². The van der Waals surface area contributed by atoms with Crippen LogP contribution in [0.4, 0.5) is 0 Å². The van der Waals surface area contributed by atoms with Gasteiger partial charge in [-0.15, -0.1) is 0 Å². The molecule has 5 heteroatoms. The van der Waals surface area contributed by atoms with Gasteiger partial charge in [0.15, 0.2) is 0 Å². The number of aryl methyl sites for hydroxylation is 1. The number of benzene rings is 1. The molecule has 0 bridgehead atoms. The first-order valence-electron chi connectivity index (χ1n) is 15.4. The molecule has 4 aromatic rings. The Bertz CT molecular complexity index is 1630. The van der Waals surface area contributed by atoms with E-state index in [-0.39, 0.29) is 0 Å². The molecule has 1 aliphatic heterocycles. The standard InChI is InChI=1S/C35H36N4O.C2H6/c1-4-8-34(40-29-10-5-6-11-29)26-14-16-32(36-21-26)28-19-27-18-25(13-15-31(27)37-22-28)30-17-23(2)20-38-35(30)33-12-7-9-24(3)39-33;1-2/h7-9,12-16,18-22,29,38H,4-6,10-11,17H2,1-3H3;1-2H3/b34-8-;. The predicted molar refractivity (Wildman–Crippen MR) is 175 cm³/mol. The van der Waals surface area contributed by atoms with E-state index in [0.29, 0.717) is 6.10 Å². The average molecular weight is 559 g/mol. The second kappa shape index (κ2) is 13.6. The topological polar surface area (TPSA) is 59.9 Å². The second-order valence-corrected chi connectivity index (χ2v) is 10.9. The zero-order valence-corrected chi connectivity index (χ0v) is 25.6. The van der Waals surface area contributed by atoms with Gasteiger partial charge in [0.25, 0.3) is 0 Å². The molecular weight excluding hydrogens is 516 g/mol. The minimum absolute atomic E-state index is 0.326. The van der Waals surface area contributed by atoms with Gasteiger partial charge in [0.05, 0.1) is 28.7 Å². The van der Waals surface area contributed by atoms with E-state index in [1.54, 1.807) is 0 Å². The molecule has 0 saturated heterocycles. The average Bonchev–Trinajstić information content (AvgIpc) is 3.55. The Morgan fingerprint density at radius 3 is 2.48 bits per heavy atom. The maximum absolute atomic E-state index is 6.36. The van der Waals surface area contributed by atoms with E-state index in [1.807, 2.05) is 39.2 Å². The number of hydrogen-bond acceptors (Lipinski definition) is 5. The number of nitrogens with one attached hydrogen (secondary N) is 1. The van der Waals surface area contributed by atoms with E-state index in [2.05, 4.69) is 80.0 Å². The third-order valence-corrected chi connectivity index (χ3v) is 7.72. The highest BCUT2D eigenvalue weighted by Gasteiger charge is 2.19. The van der Waals surface area contributed by atoms with Crippen molar-refractivity contribution in [3.05, 3.63) is 107 Å². The van der Waals surface area contributed by atoms with Crippen LogP contribution in [0.2, 0.25) is 0 Å². The lowest BCUT2D eigenvalue weighted by molar-refractivity contribution is 0.173. The van der Waals surface area contributed by atoms with Crippen LogP contribution in [-0.2, 0) is 4.74 Å². The normalized spacial score (nSPS) is 15.6. The summed E-state index contributed by atoms with van der Waals surface area (Å²) in [6.45, 7) is 10.3. The predicted octanol–water partition coefficient (Wildman–Crippen LogP) is 9.50. The third kappa shape index (κ3) is 6.62. The Morgan fingerprint density at radius 2 is 1.74 bits per heavy atom. The Morgan fingerprint density at radius 1 is 0.929 bits per heavy atom. The first-order valence-corrected chi connectivity index (χ1v) is 15.4. The van der Waals surface area contributed by atoms with Crippen LogP contribution in [0, 0.1) is 6.92 Å². The molecule has 3 aromatic heterocycles. The van der Waals surface area contributed by atoms with Gasteiger partial charge in [-0.2, -0.15) is 0 Å². The number of dihydropyridines is 1. The van der Waals surface area contributed by atoms with Crippen molar-refractivity contribution in [3.63, 3.8) is 0 Å². The van der Waals surface area contributed by atoms with Gasteiger partial charge in [0.2, 0.25) is 0 Å². The highest BCUT2D eigenvalue weighted by molar-refractivity contribution is 5.95. The van der Waals surface area contributed by atoms with Crippen LogP contribution in [-0.4, -0.2) is 21.1 Å². The molecule has 0 amide bonds. The number of fused-ring (bicyclic) bond motifs is 1. The van der Waals surface area contributed by atoms with Gasteiger partial charge in [0.1, 0.15) is 5.76 Å². The monoisotopic (exact) mass is 558 g/mol. The van der Waals surface area contributed by atoms with E-state index in [9.17, 15) is 0 Å². The van der Waals surface area contributed by atoms with Crippen LogP contribution in [0.25, 0.3) is 39.2 Å². The smallest absolute Gasteiger partial charge is 0.124 e. The van der Waals surface area contributed by atoms with E-state index < -0.39 is 0 Å². The summed E-state index contributed by atoms with van der Waals surface area (Å²) in [5.41, 5.74) is 10.6. The fourth-order valence-electron chi connectivity index (χ4n) is 5.63. The number of aromatic nitrogens is 3. The Hall–Kier alpha value is -4.25. The first-order chi connectivity index (χ1) is 20.6. The first kappa shape index (κ1) is 29.2. The molecule has 1 aliphatic carbocycles. The van der Waals surface area contributed by atoms with Crippen molar-refractivity contribution < 1.29 is 4.74 Å². The van der Waals surface area contributed by atoms with Gasteiger partial charge >= 0.3 is 0 Å². The zero-order valence-electron chi connectivity index (χ0n) is 25.6. The lowest BCUT2D eigenvalue weighted by Gasteiger charge is -2.21. The highest BCUT2D eigenvalue weighted by Crippen LogP contribution is 2.34. The molecule has 1 saturated carbocycles. The quantitative estimate of drug-likeness (QED) is 0.229. The maximum Gasteiger partial charge on any atom is 0.124 e. The van der Waals surface area contributed by atoms with Crippen molar-refractivity contribution >= 4 is 27.9 Å². The highest BCUT2D eigenvalue weighted by atomic mass is 16.5. The summed E-state index contributed by atoms with van der Waals surface area (Å²) in [7, 11) is 0. The Kier molecular flexibility index (Phi) is 9.48. The summed E-state index contributed by atoms with van der Waals surface area (Å²) in [6, 6.07) is 19.1. The minimum atomic E-state index is 0.326. The van der Waals surface area contributed by atoms with Crippen molar-refractivity contribution in [2.75, 3.05) is 0 Å². The molecule has 1 fully saturated rings. The number of hydrogen-bond donors (Lipinski definition) is 1. The summed E-state index contributed by atoms with van der Waals surface area (Å²) in [6.07, 6.45) is 15.0. The zero-order chi connectivity index (χ0) is 29.5. The van der Waals surface area contributed by atoms with Gasteiger partial charge in [-0.1, -0.05) is 38.5 Å². The van der Waals surface area contributed by atoms with E-state index in [0.717, 1.165) is 76.3 Å². The molecule has 216 valence electrons. The summed E-state index contributed by atoms with van der Waals surface area (Å²) in [4.78, 5) is 14.4. The van der Waals surface area contributed by atoms with Crippen LogP contribution in [0.3, 0.4) is 0 Å². The molecule has 6 rings (SSSR count).